The molecule has 8 nitrogen and oxygen atoms in total. The summed E-state index contributed by atoms with van der Waals surface area (Å²) in [5.41, 5.74) is 6.95. The number of rotatable bonds is 4. The van der Waals surface area contributed by atoms with Gasteiger partial charge in [0.15, 0.2) is 17.5 Å². The van der Waals surface area contributed by atoms with Crippen LogP contribution < -0.4 is 25.4 Å². The average molecular weight is 510 g/mol. The fourth-order valence-corrected chi connectivity index (χ4v) is 3.51. The molecule has 3 N–H and O–H groups in total. The van der Waals surface area contributed by atoms with Gasteiger partial charge >= 0.3 is 0 Å². The first-order chi connectivity index (χ1) is 13.8. The fourth-order valence-electron chi connectivity index (χ4n) is 3.51. The minimum absolute atomic E-state index is 0. The zero-order valence-electron chi connectivity index (χ0n) is 16.3. The molecule has 2 aromatic rings. The number of aliphatic imine (C=N–C) groups is 1. The Labute approximate surface area is 187 Å². The van der Waals surface area contributed by atoms with Crippen LogP contribution in [0.2, 0.25) is 0 Å². The highest BCUT2D eigenvalue weighted by atomic mass is 127. The molecular weight excluding hydrogens is 483 g/mol. The Bertz CT molecular complexity index is 820. The molecule has 1 unspecified atom stereocenters. The lowest BCUT2D eigenvalue weighted by Gasteiger charge is -2.31. The quantitative estimate of drug-likeness (QED) is 0.371. The molecule has 2 aliphatic rings. The van der Waals surface area contributed by atoms with Gasteiger partial charge in [0.25, 0.3) is 0 Å². The van der Waals surface area contributed by atoms with E-state index in [1.54, 1.807) is 12.4 Å². The summed E-state index contributed by atoms with van der Waals surface area (Å²) >= 11 is 0. The average Bonchev–Trinajstić information content (AvgIpc) is 2.98. The predicted molar refractivity (Wildman–Crippen MR) is 125 cm³/mol. The van der Waals surface area contributed by atoms with E-state index >= 15 is 0 Å². The van der Waals surface area contributed by atoms with Crippen molar-refractivity contribution in [1.82, 2.24) is 9.97 Å². The van der Waals surface area contributed by atoms with E-state index in [-0.39, 0.29) is 24.0 Å². The molecular formula is C20H27IN6O2. The van der Waals surface area contributed by atoms with Gasteiger partial charge in [-0.2, -0.15) is 0 Å². The van der Waals surface area contributed by atoms with Crippen LogP contribution in [0.5, 0.6) is 11.5 Å². The molecule has 0 radical (unpaired) electrons. The van der Waals surface area contributed by atoms with E-state index < -0.39 is 0 Å². The smallest absolute Gasteiger partial charge is 0.225 e. The minimum Gasteiger partial charge on any atom is -0.490 e. The van der Waals surface area contributed by atoms with Gasteiger partial charge < -0.3 is 25.4 Å². The van der Waals surface area contributed by atoms with Crippen molar-refractivity contribution in [2.45, 2.75) is 19.3 Å². The SMILES string of the molecule is I.NC(=NCC1CCCN(c2ncccn2)C1)Nc1ccc2c(c1)OCCCO2. The predicted octanol–water partition coefficient (Wildman–Crippen LogP) is 2.90. The number of fused-ring (bicyclic) bond motifs is 1. The molecule has 1 aromatic heterocycles. The molecule has 156 valence electrons. The fraction of sp³-hybridized carbons (Fsp3) is 0.450. The molecule has 0 bridgehead atoms. The topological polar surface area (TPSA) is 97.9 Å². The monoisotopic (exact) mass is 510 g/mol. The van der Waals surface area contributed by atoms with E-state index in [4.69, 9.17) is 15.2 Å². The highest BCUT2D eigenvalue weighted by Crippen LogP contribution is 2.32. The zero-order chi connectivity index (χ0) is 19.2. The maximum Gasteiger partial charge on any atom is 0.225 e. The van der Waals surface area contributed by atoms with E-state index in [9.17, 15) is 0 Å². The van der Waals surface area contributed by atoms with Crippen molar-refractivity contribution in [3.8, 4) is 11.5 Å². The summed E-state index contributed by atoms with van der Waals surface area (Å²) in [7, 11) is 0. The van der Waals surface area contributed by atoms with Crippen molar-refractivity contribution in [3.05, 3.63) is 36.7 Å². The summed E-state index contributed by atoms with van der Waals surface area (Å²) in [5, 5.41) is 3.15. The van der Waals surface area contributed by atoms with Gasteiger partial charge in [-0.15, -0.1) is 24.0 Å². The van der Waals surface area contributed by atoms with Crippen molar-refractivity contribution >= 4 is 41.6 Å². The van der Waals surface area contributed by atoms with Gasteiger partial charge in [0.1, 0.15) is 0 Å². The van der Waals surface area contributed by atoms with E-state index in [2.05, 4.69) is 25.2 Å². The van der Waals surface area contributed by atoms with Gasteiger partial charge in [-0.1, -0.05) is 0 Å². The molecule has 1 fully saturated rings. The highest BCUT2D eigenvalue weighted by Gasteiger charge is 2.21. The number of halogens is 1. The molecule has 29 heavy (non-hydrogen) atoms. The van der Waals surface area contributed by atoms with Crippen LogP contribution in [0.3, 0.4) is 0 Å². The Hall–Kier alpha value is -2.30. The summed E-state index contributed by atoms with van der Waals surface area (Å²) in [4.78, 5) is 15.5. The zero-order valence-corrected chi connectivity index (χ0v) is 18.6. The van der Waals surface area contributed by atoms with Gasteiger partial charge in [-0.05, 0) is 37.0 Å². The lowest BCUT2D eigenvalue weighted by Crippen LogP contribution is -2.38. The lowest BCUT2D eigenvalue weighted by atomic mass is 9.98. The number of nitrogens with zero attached hydrogens (tertiary/aromatic N) is 4. The van der Waals surface area contributed by atoms with Gasteiger partial charge in [0, 0.05) is 50.2 Å². The molecule has 1 aromatic carbocycles. The maximum atomic E-state index is 6.10. The first-order valence-corrected chi connectivity index (χ1v) is 9.76. The number of piperidine rings is 1. The van der Waals surface area contributed by atoms with Crippen LogP contribution in [0.1, 0.15) is 19.3 Å². The first kappa shape index (κ1) is 21.4. The lowest BCUT2D eigenvalue weighted by molar-refractivity contribution is 0.297. The number of guanidine groups is 1. The number of benzene rings is 1. The van der Waals surface area contributed by atoms with Gasteiger partial charge in [0.2, 0.25) is 5.95 Å². The number of aromatic nitrogens is 2. The van der Waals surface area contributed by atoms with E-state index in [0.29, 0.717) is 31.6 Å². The molecule has 0 amide bonds. The molecule has 0 spiro atoms. The van der Waals surface area contributed by atoms with Crippen LogP contribution in [0.15, 0.2) is 41.7 Å². The largest absolute Gasteiger partial charge is 0.490 e. The molecule has 3 heterocycles. The van der Waals surface area contributed by atoms with E-state index in [1.165, 1.54) is 0 Å². The van der Waals surface area contributed by atoms with Crippen LogP contribution in [0.25, 0.3) is 0 Å². The Kier molecular flexibility index (Phi) is 7.73. The van der Waals surface area contributed by atoms with Crippen LogP contribution in [0.4, 0.5) is 11.6 Å². The van der Waals surface area contributed by atoms with Crippen LogP contribution in [-0.2, 0) is 0 Å². The molecule has 1 saturated heterocycles. The molecule has 0 aliphatic carbocycles. The number of anilines is 2. The number of hydrogen-bond acceptors (Lipinski definition) is 6. The van der Waals surface area contributed by atoms with E-state index in [0.717, 1.165) is 55.5 Å². The van der Waals surface area contributed by atoms with Crippen LogP contribution in [-0.4, -0.2) is 48.8 Å². The van der Waals surface area contributed by atoms with Gasteiger partial charge in [-0.25, -0.2) is 9.97 Å². The Balaban J connectivity index is 0.00000240. The summed E-state index contributed by atoms with van der Waals surface area (Å²) in [6.45, 7) is 3.88. The standard InChI is InChI=1S/C20H26N6O2.HI/c21-19(25-16-5-6-17-18(12-16)28-11-3-10-27-17)24-13-15-4-1-9-26(14-15)20-22-7-2-8-23-20;/h2,5-8,12,15H,1,3-4,9-11,13-14H2,(H3,21,24,25);1H. The second kappa shape index (κ2) is 10.5. The third kappa shape index (κ3) is 5.84. The molecule has 4 rings (SSSR count). The van der Waals surface area contributed by atoms with E-state index in [1.807, 2.05) is 24.3 Å². The Morgan fingerprint density at radius 1 is 1.17 bits per heavy atom. The number of ether oxygens (including phenoxy) is 2. The molecule has 0 saturated carbocycles. The third-order valence-electron chi connectivity index (χ3n) is 4.89. The minimum atomic E-state index is 0. The summed E-state index contributed by atoms with van der Waals surface area (Å²) < 4.78 is 11.4. The van der Waals surface area contributed by atoms with Crippen molar-refractivity contribution in [1.29, 1.82) is 0 Å². The molecule has 2 aliphatic heterocycles. The van der Waals surface area contributed by atoms with Gasteiger partial charge in [-0.3, -0.25) is 4.99 Å². The summed E-state index contributed by atoms with van der Waals surface area (Å²) in [6.07, 6.45) is 6.67. The van der Waals surface area contributed by atoms with Crippen LogP contribution >= 0.6 is 24.0 Å². The number of hydrogen-bond donors (Lipinski definition) is 2. The van der Waals surface area contributed by atoms with Crippen molar-refractivity contribution < 1.29 is 9.47 Å². The highest BCUT2D eigenvalue weighted by molar-refractivity contribution is 14.0. The second-order valence-corrected chi connectivity index (χ2v) is 7.07. The number of nitrogens with one attached hydrogen (secondary N) is 1. The van der Waals surface area contributed by atoms with Crippen LogP contribution in [0, 0.1) is 5.92 Å². The third-order valence-corrected chi connectivity index (χ3v) is 4.89. The number of nitrogens with two attached hydrogens (primary N) is 1. The first-order valence-electron chi connectivity index (χ1n) is 9.76. The summed E-state index contributed by atoms with van der Waals surface area (Å²) in [6, 6.07) is 7.56. The molecule has 9 heteroatoms. The summed E-state index contributed by atoms with van der Waals surface area (Å²) in [5.74, 6) is 3.13. The normalized spacial score (nSPS) is 19.1. The molecule has 1 atom stereocenters. The maximum absolute atomic E-state index is 6.10. The van der Waals surface area contributed by atoms with Gasteiger partial charge in [0.05, 0.1) is 13.2 Å². The van der Waals surface area contributed by atoms with Crippen molar-refractivity contribution in [3.63, 3.8) is 0 Å². The van der Waals surface area contributed by atoms with Crippen molar-refractivity contribution in [2.75, 3.05) is 43.1 Å². The Morgan fingerprint density at radius 2 is 1.97 bits per heavy atom. The second-order valence-electron chi connectivity index (χ2n) is 7.07. The Morgan fingerprint density at radius 3 is 2.79 bits per heavy atom. The van der Waals surface area contributed by atoms with Crippen molar-refractivity contribution in [2.24, 2.45) is 16.6 Å².